The number of hydrogen-bond acceptors (Lipinski definition) is 3. The number of benzene rings is 1. The third-order valence-electron chi connectivity index (χ3n) is 1.67. The van der Waals surface area contributed by atoms with Gasteiger partial charge >= 0.3 is 6.16 Å². The minimum Gasteiger partial charge on any atom is -0.448 e. The number of carbonyl (C=O) groups is 1. The molecule has 0 bridgehead atoms. The standard InChI is InChI=1S/C9H10IN3O3/c10-7-3-1-2-6(4-7)5-13(8(11)12)16-9(14)15/h1-4H,5H2,(H3,11,12)(H,14,15). The average molecular weight is 335 g/mol. The van der Waals surface area contributed by atoms with Crippen molar-refractivity contribution < 1.29 is 14.7 Å². The summed E-state index contributed by atoms with van der Waals surface area (Å²) in [5.74, 6) is -0.457. The van der Waals surface area contributed by atoms with Gasteiger partial charge in [-0.1, -0.05) is 12.1 Å². The molecule has 0 radical (unpaired) electrons. The lowest BCUT2D eigenvalue weighted by Crippen LogP contribution is -2.37. The molecule has 0 saturated carbocycles. The van der Waals surface area contributed by atoms with Crippen LogP contribution in [0.2, 0.25) is 0 Å². The van der Waals surface area contributed by atoms with Crippen LogP contribution in [-0.4, -0.2) is 22.3 Å². The van der Waals surface area contributed by atoms with Crippen LogP contribution in [0.25, 0.3) is 0 Å². The molecule has 0 atom stereocenters. The molecule has 0 saturated heterocycles. The number of hydrogen-bond donors (Lipinski definition) is 3. The number of nitrogens with two attached hydrogens (primary N) is 1. The first-order chi connectivity index (χ1) is 7.49. The molecule has 0 aromatic heterocycles. The summed E-state index contributed by atoms with van der Waals surface area (Å²) in [5, 5.41) is 16.4. The summed E-state index contributed by atoms with van der Waals surface area (Å²) in [6.07, 6.45) is -1.50. The van der Waals surface area contributed by atoms with Crippen molar-refractivity contribution in [2.24, 2.45) is 5.73 Å². The molecular weight excluding hydrogens is 325 g/mol. The van der Waals surface area contributed by atoms with E-state index in [0.29, 0.717) is 0 Å². The molecule has 0 fully saturated rings. The van der Waals surface area contributed by atoms with Gasteiger partial charge in [-0.15, -0.1) is 0 Å². The average Bonchev–Trinajstić information content (AvgIpc) is 2.15. The molecule has 16 heavy (non-hydrogen) atoms. The zero-order valence-corrected chi connectivity index (χ0v) is 10.3. The predicted molar refractivity (Wildman–Crippen MR) is 65.7 cm³/mol. The summed E-state index contributed by atoms with van der Waals surface area (Å²) in [7, 11) is 0. The molecular formula is C9H10IN3O3. The monoisotopic (exact) mass is 335 g/mol. The lowest BCUT2D eigenvalue weighted by molar-refractivity contribution is -0.0704. The molecule has 7 heteroatoms. The summed E-state index contributed by atoms with van der Waals surface area (Å²) in [6, 6.07) is 7.38. The van der Waals surface area contributed by atoms with Gasteiger partial charge in [0.15, 0.2) is 0 Å². The fourth-order valence-corrected chi connectivity index (χ4v) is 1.67. The van der Waals surface area contributed by atoms with Crippen LogP contribution in [0.1, 0.15) is 5.56 Å². The molecule has 0 heterocycles. The maximum absolute atomic E-state index is 10.4. The first kappa shape index (κ1) is 12.6. The van der Waals surface area contributed by atoms with Crippen molar-refractivity contribution in [3.05, 3.63) is 33.4 Å². The summed E-state index contributed by atoms with van der Waals surface area (Å²) in [6.45, 7) is 0.110. The Morgan fingerprint density at radius 2 is 2.31 bits per heavy atom. The van der Waals surface area contributed by atoms with Gasteiger partial charge in [-0.25, -0.2) is 4.79 Å². The Kier molecular flexibility index (Phi) is 4.35. The van der Waals surface area contributed by atoms with Gasteiger partial charge in [0.2, 0.25) is 5.96 Å². The van der Waals surface area contributed by atoms with Crippen LogP contribution in [0.5, 0.6) is 0 Å². The summed E-state index contributed by atoms with van der Waals surface area (Å²) in [4.78, 5) is 14.7. The fourth-order valence-electron chi connectivity index (χ4n) is 1.06. The molecule has 0 unspecified atom stereocenters. The largest absolute Gasteiger partial charge is 0.531 e. The van der Waals surface area contributed by atoms with E-state index in [1.807, 2.05) is 18.2 Å². The van der Waals surface area contributed by atoms with Crippen molar-refractivity contribution in [3.63, 3.8) is 0 Å². The molecule has 1 aromatic rings. The number of rotatable bonds is 2. The SMILES string of the molecule is N=C(N)N(Cc1cccc(I)c1)OC(=O)O. The van der Waals surface area contributed by atoms with E-state index in [4.69, 9.17) is 16.2 Å². The highest BCUT2D eigenvalue weighted by atomic mass is 127. The second kappa shape index (κ2) is 5.54. The minimum absolute atomic E-state index is 0.110. The van der Waals surface area contributed by atoms with Crippen LogP contribution >= 0.6 is 22.6 Å². The van der Waals surface area contributed by atoms with Gasteiger partial charge in [-0.2, -0.15) is 5.06 Å². The number of nitrogens with one attached hydrogen (secondary N) is 1. The molecule has 0 spiro atoms. The van der Waals surface area contributed by atoms with Crippen LogP contribution in [0.15, 0.2) is 24.3 Å². The lowest BCUT2D eigenvalue weighted by atomic mass is 10.2. The Hall–Kier alpha value is -1.51. The normalized spacial score (nSPS) is 9.56. The van der Waals surface area contributed by atoms with Gasteiger partial charge in [0, 0.05) is 3.57 Å². The van der Waals surface area contributed by atoms with Crippen molar-refractivity contribution in [1.29, 1.82) is 5.41 Å². The number of guanidine groups is 1. The molecule has 0 aliphatic rings. The maximum atomic E-state index is 10.4. The topological polar surface area (TPSA) is 99.6 Å². The maximum Gasteiger partial charge on any atom is 0.531 e. The molecule has 6 nitrogen and oxygen atoms in total. The van der Waals surface area contributed by atoms with Crippen LogP contribution in [0.4, 0.5) is 4.79 Å². The van der Waals surface area contributed by atoms with E-state index in [9.17, 15) is 4.79 Å². The second-order valence-electron chi connectivity index (χ2n) is 2.91. The predicted octanol–water partition coefficient (Wildman–Crippen LogP) is 1.60. The van der Waals surface area contributed by atoms with Crippen molar-refractivity contribution in [1.82, 2.24) is 5.06 Å². The highest BCUT2D eigenvalue weighted by Crippen LogP contribution is 2.10. The summed E-state index contributed by atoms with van der Waals surface area (Å²) in [5.41, 5.74) is 6.00. The van der Waals surface area contributed by atoms with Gasteiger partial charge in [-0.3, -0.25) is 5.41 Å². The smallest absolute Gasteiger partial charge is 0.448 e. The Bertz CT molecular complexity index is 411. The third-order valence-corrected chi connectivity index (χ3v) is 2.34. The molecule has 0 aliphatic heterocycles. The van der Waals surface area contributed by atoms with E-state index >= 15 is 0 Å². The Labute approximate surface area is 106 Å². The van der Waals surface area contributed by atoms with E-state index < -0.39 is 12.1 Å². The van der Waals surface area contributed by atoms with E-state index in [1.165, 1.54) is 0 Å². The molecule has 86 valence electrons. The Morgan fingerprint density at radius 1 is 1.62 bits per heavy atom. The highest BCUT2D eigenvalue weighted by Gasteiger charge is 2.12. The van der Waals surface area contributed by atoms with Crippen molar-refractivity contribution in [2.75, 3.05) is 0 Å². The highest BCUT2D eigenvalue weighted by molar-refractivity contribution is 14.1. The lowest BCUT2D eigenvalue weighted by Gasteiger charge is -2.18. The van der Waals surface area contributed by atoms with E-state index in [-0.39, 0.29) is 6.54 Å². The van der Waals surface area contributed by atoms with Crippen molar-refractivity contribution in [3.8, 4) is 0 Å². The van der Waals surface area contributed by atoms with Crippen LogP contribution < -0.4 is 5.73 Å². The summed E-state index contributed by atoms with van der Waals surface area (Å²) < 4.78 is 1.01. The minimum atomic E-state index is -1.50. The number of nitrogens with zero attached hydrogens (tertiary/aromatic N) is 1. The van der Waals surface area contributed by atoms with E-state index in [0.717, 1.165) is 14.2 Å². The van der Waals surface area contributed by atoms with Crippen LogP contribution in [0.3, 0.4) is 0 Å². The Morgan fingerprint density at radius 3 is 2.81 bits per heavy atom. The number of carboxylic acid groups (broad SMARTS) is 1. The van der Waals surface area contributed by atoms with E-state index in [2.05, 4.69) is 27.4 Å². The van der Waals surface area contributed by atoms with Crippen molar-refractivity contribution in [2.45, 2.75) is 6.54 Å². The molecule has 0 amide bonds. The molecule has 1 rings (SSSR count). The zero-order valence-electron chi connectivity index (χ0n) is 8.18. The van der Waals surface area contributed by atoms with Crippen LogP contribution in [0, 0.1) is 8.98 Å². The molecule has 4 N–H and O–H groups in total. The third kappa shape index (κ3) is 3.93. The second-order valence-corrected chi connectivity index (χ2v) is 4.15. The van der Waals surface area contributed by atoms with Gasteiger partial charge in [0.05, 0.1) is 6.54 Å². The zero-order chi connectivity index (χ0) is 12.1. The molecule has 1 aromatic carbocycles. The first-order valence-corrected chi connectivity index (χ1v) is 5.34. The summed E-state index contributed by atoms with van der Waals surface area (Å²) >= 11 is 2.13. The quantitative estimate of drug-likeness (QED) is 0.330. The van der Waals surface area contributed by atoms with Crippen LogP contribution in [-0.2, 0) is 11.4 Å². The van der Waals surface area contributed by atoms with Gasteiger partial charge in [0.1, 0.15) is 0 Å². The van der Waals surface area contributed by atoms with Gasteiger partial charge in [-0.05, 0) is 40.3 Å². The van der Waals surface area contributed by atoms with E-state index in [1.54, 1.807) is 6.07 Å². The Balaban J connectivity index is 2.75. The fraction of sp³-hybridized carbons (Fsp3) is 0.111. The first-order valence-electron chi connectivity index (χ1n) is 4.26. The van der Waals surface area contributed by atoms with Gasteiger partial charge < -0.3 is 15.7 Å². The molecule has 0 aliphatic carbocycles. The number of halogens is 1. The number of hydroxylamine groups is 2. The van der Waals surface area contributed by atoms with Gasteiger partial charge in [0.25, 0.3) is 0 Å². The van der Waals surface area contributed by atoms with Crippen molar-refractivity contribution >= 4 is 34.7 Å².